The molecule has 74 valence electrons. The molecule has 0 aromatic carbocycles. The Labute approximate surface area is 88.8 Å². The van der Waals surface area contributed by atoms with Crippen LogP contribution in [-0.2, 0) is 12.2 Å². The van der Waals surface area contributed by atoms with Gasteiger partial charge in [0.2, 0.25) is 0 Å². The minimum atomic E-state index is 0.755. The van der Waals surface area contributed by atoms with E-state index in [1.807, 2.05) is 11.8 Å². The lowest BCUT2D eigenvalue weighted by Crippen LogP contribution is -1.82. The molecule has 1 aromatic rings. The van der Waals surface area contributed by atoms with Crippen LogP contribution in [0.15, 0.2) is 16.5 Å². The van der Waals surface area contributed by atoms with E-state index in [1.54, 1.807) is 0 Å². The molecule has 0 spiro atoms. The highest BCUT2D eigenvalue weighted by Crippen LogP contribution is 2.16. The zero-order valence-electron chi connectivity index (χ0n) is 7.88. The van der Waals surface area contributed by atoms with E-state index in [0.717, 1.165) is 41.7 Å². The van der Waals surface area contributed by atoms with Gasteiger partial charge in [-0.3, -0.25) is 0 Å². The number of halogens is 1. The van der Waals surface area contributed by atoms with Crippen molar-refractivity contribution in [2.45, 2.75) is 25.5 Å². The minimum Gasteiger partial charge on any atom is -0.465 e. The first-order chi connectivity index (χ1) is 6.36. The number of hydrogen-bond donors (Lipinski definition) is 0. The number of thioether (sulfide) groups is 1. The SMILES string of the molecule is CCc1ccc(CSCCCCl)o1. The Morgan fingerprint density at radius 3 is 2.77 bits per heavy atom. The van der Waals surface area contributed by atoms with Crippen LogP contribution in [0.1, 0.15) is 24.9 Å². The van der Waals surface area contributed by atoms with Crippen molar-refractivity contribution in [3.63, 3.8) is 0 Å². The van der Waals surface area contributed by atoms with Gasteiger partial charge in [0, 0.05) is 12.3 Å². The van der Waals surface area contributed by atoms with Crippen LogP contribution >= 0.6 is 23.4 Å². The molecule has 0 aliphatic rings. The highest BCUT2D eigenvalue weighted by molar-refractivity contribution is 7.98. The third-order valence-electron chi connectivity index (χ3n) is 1.73. The van der Waals surface area contributed by atoms with Gasteiger partial charge in [-0.15, -0.1) is 11.6 Å². The Morgan fingerprint density at radius 1 is 1.38 bits per heavy atom. The molecule has 0 aliphatic carbocycles. The fraction of sp³-hybridized carbons (Fsp3) is 0.600. The second kappa shape index (κ2) is 6.39. The molecular weight excluding hydrogens is 204 g/mol. The normalized spacial score (nSPS) is 10.6. The zero-order valence-corrected chi connectivity index (χ0v) is 9.46. The van der Waals surface area contributed by atoms with E-state index in [0.29, 0.717) is 0 Å². The van der Waals surface area contributed by atoms with Crippen molar-refractivity contribution in [2.75, 3.05) is 11.6 Å². The molecule has 0 atom stereocenters. The molecule has 0 N–H and O–H groups in total. The molecule has 1 aromatic heterocycles. The van der Waals surface area contributed by atoms with Gasteiger partial charge in [-0.1, -0.05) is 6.92 Å². The van der Waals surface area contributed by atoms with E-state index < -0.39 is 0 Å². The maximum atomic E-state index is 5.57. The third kappa shape index (κ3) is 4.10. The lowest BCUT2D eigenvalue weighted by atomic mass is 10.4. The van der Waals surface area contributed by atoms with Crippen LogP contribution in [0, 0.1) is 0 Å². The van der Waals surface area contributed by atoms with Gasteiger partial charge >= 0.3 is 0 Å². The molecule has 0 unspecified atom stereocenters. The maximum Gasteiger partial charge on any atom is 0.114 e. The number of rotatable bonds is 6. The van der Waals surface area contributed by atoms with Crippen LogP contribution in [-0.4, -0.2) is 11.6 Å². The molecule has 0 saturated carbocycles. The van der Waals surface area contributed by atoms with Crippen LogP contribution in [0.5, 0.6) is 0 Å². The quantitative estimate of drug-likeness (QED) is 0.534. The predicted molar refractivity (Wildman–Crippen MR) is 59.6 cm³/mol. The first kappa shape index (κ1) is 11.0. The highest BCUT2D eigenvalue weighted by atomic mass is 35.5. The summed E-state index contributed by atoms with van der Waals surface area (Å²) in [6.07, 6.45) is 2.06. The summed E-state index contributed by atoms with van der Waals surface area (Å²) in [5, 5.41) is 0. The molecule has 0 fully saturated rings. The summed E-state index contributed by atoms with van der Waals surface area (Å²) in [6.45, 7) is 2.10. The van der Waals surface area contributed by atoms with E-state index in [4.69, 9.17) is 16.0 Å². The largest absolute Gasteiger partial charge is 0.465 e. The van der Waals surface area contributed by atoms with Gasteiger partial charge in [-0.2, -0.15) is 11.8 Å². The standard InChI is InChI=1S/C10H15ClOS/c1-2-9-4-5-10(12-9)8-13-7-3-6-11/h4-5H,2-3,6-8H2,1H3. The summed E-state index contributed by atoms with van der Waals surface area (Å²) in [4.78, 5) is 0. The van der Waals surface area contributed by atoms with E-state index in [2.05, 4.69) is 19.1 Å². The van der Waals surface area contributed by atoms with Crippen LogP contribution in [0.25, 0.3) is 0 Å². The van der Waals surface area contributed by atoms with Crippen molar-refractivity contribution in [1.82, 2.24) is 0 Å². The van der Waals surface area contributed by atoms with Crippen LogP contribution in [0.3, 0.4) is 0 Å². The molecule has 13 heavy (non-hydrogen) atoms. The van der Waals surface area contributed by atoms with E-state index >= 15 is 0 Å². The lowest BCUT2D eigenvalue weighted by molar-refractivity contribution is 0.485. The summed E-state index contributed by atoms with van der Waals surface area (Å²) in [7, 11) is 0. The first-order valence-corrected chi connectivity index (χ1v) is 6.27. The monoisotopic (exact) mass is 218 g/mol. The molecule has 0 bridgehead atoms. The van der Waals surface area contributed by atoms with Crippen molar-refractivity contribution >= 4 is 23.4 Å². The van der Waals surface area contributed by atoms with Gasteiger partial charge < -0.3 is 4.42 Å². The fourth-order valence-electron chi connectivity index (χ4n) is 1.02. The molecule has 1 heterocycles. The molecular formula is C10H15ClOS. The Bertz CT molecular complexity index is 235. The van der Waals surface area contributed by atoms with Crippen molar-refractivity contribution in [2.24, 2.45) is 0 Å². The Kier molecular flexibility index (Phi) is 5.40. The van der Waals surface area contributed by atoms with Crippen LogP contribution in [0.2, 0.25) is 0 Å². The molecule has 1 nitrogen and oxygen atoms in total. The second-order valence-corrected chi connectivity index (χ2v) is 4.30. The molecule has 0 radical (unpaired) electrons. The number of aryl methyl sites for hydroxylation is 1. The zero-order chi connectivity index (χ0) is 9.52. The summed E-state index contributed by atoms with van der Waals surface area (Å²) in [6, 6.07) is 4.12. The summed E-state index contributed by atoms with van der Waals surface area (Å²) < 4.78 is 5.56. The number of alkyl halides is 1. The summed E-state index contributed by atoms with van der Waals surface area (Å²) >= 11 is 7.45. The van der Waals surface area contributed by atoms with Gasteiger partial charge in [0.1, 0.15) is 11.5 Å². The van der Waals surface area contributed by atoms with E-state index in [1.165, 1.54) is 0 Å². The van der Waals surface area contributed by atoms with Crippen molar-refractivity contribution in [3.05, 3.63) is 23.7 Å². The molecule has 0 aliphatic heterocycles. The second-order valence-electron chi connectivity index (χ2n) is 2.82. The van der Waals surface area contributed by atoms with Gasteiger partial charge in [-0.25, -0.2) is 0 Å². The first-order valence-electron chi connectivity index (χ1n) is 4.58. The number of furan rings is 1. The smallest absolute Gasteiger partial charge is 0.114 e. The Morgan fingerprint density at radius 2 is 2.15 bits per heavy atom. The topological polar surface area (TPSA) is 13.1 Å². The molecule has 3 heteroatoms. The molecule has 0 saturated heterocycles. The van der Waals surface area contributed by atoms with Gasteiger partial charge in [-0.05, 0) is 24.3 Å². The van der Waals surface area contributed by atoms with Crippen molar-refractivity contribution < 1.29 is 4.42 Å². The Hall–Kier alpha value is -0.0800. The average Bonchev–Trinajstić information content (AvgIpc) is 2.60. The number of hydrogen-bond acceptors (Lipinski definition) is 2. The van der Waals surface area contributed by atoms with Gasteiger partial charge in [0.15, 0.2) is 0 Å². The van der Waals surface area contributed by atoms with Gasteiger partial charge in [0.25, 0.3) is 0 Å². The lowest BCUT2D eigenvalue weighted by Gasteiger charge is -1.96. The third-order valence-corrected chi connectivity index (χ3v) is 3.07. The summed E-state index contributed by atoms with van der Waals surface area (Å²) in [5.41, 5.74) is 0. The fourth-order valence-corrected chi connectivity index (χ4v) is 2.16. The van der Waals surface area contributed by atoms with Gasteiger partial charge in [0.05, 0.1) is 5.75 Å². The minimum absolute atomic E-state index is 0.755. The predicted octanol–water partition coefficient (Wildman–Crippen LogP) is 3.70. The Balaban J connectivity index is 2.20. The maximum absolute atomic E-state index is 5.57. The van der Waals surface area contributed by atoms with Crippen molar-refractivity contribution in [3.8, 4) is 0 Å². The van der Waals surface area contributed by atoms with Crippen molar-refractivity contribution in [1.29, 1.82) is 0 Å². The van der Waals surface area contributed by atoms with E-state index in [-0.39, 0.29) is 0 Å². The van der Waals surface area contributed by atoms with Crippen LogP contribution < -0.4 is 0 Å². The molecule has 0 amide bonds. The highest BCUT2D eigenvalue weighted by Gasteiger charge is 1.99. The summed E-state index contributed by atoms with van der Waals surface area (Å²) in [5.74, 6) is 5.00. The average molecular weight is 219 g/mol. The van der Waals surface area contributed by atoms with Crippen LogP contribution in [0.4, 0.5) is 0 Å². The molecule has 1 rings (SSSR count). The van der Waals surface area contributed by atoms with E-state index in [9.17, 15) is 0 Å².